The minimum absolute atomic E-state index is 0.160. The van der Waals surface area contributed by atoms with Gasteiger partial charge in [0.25, 0.3) is 0 Å². The Morgan fingerprint density at radius 1 is 1.28 bits per heavy atom. The average molecular weight is 249 g/mol. The Bertz CT molecular complexity index is 409. The smallest absolute Gasteiger partial charge is 0.0642 e. The zero-order valence-corrected chi connectivity index (χ0v) is 11.6. The van der Waals surface area contributed by atoms with Gasteiger partial charge >= 0.3 is 0 Å². The van der Waals surface area contributed by atoms with Gasteiger partial charge in [-0.1, -0.05) is 26.0 Å². The number of morpholine rings is 1. The van der Waals surface area contributed by atoms with Crippen LogP contribution >= 0.6 is 0 Å². The monoisotopic (exact) mass is 249 g/mol. The first-order valence-electron chi connectivity index (χ1n) is 6.59. The fraction of sp³-hybridized carbons (Fsp3) is 0.600. The van der Waals surface area contributed by atoms with Crippen LogP contribution in [-0.4, -0.2) is 38.0 Å². The van der Waals surface area contributed by atoms with E-state index in [0.717, 1.165) is 26.3 Å². The summed E-state index contributed by atoms with van der Waals surface area (Å²) in [5.74, 6) is 0. The van der Waals surface area contributed by atoms with Gasteiger partial charge in [0.1, 0.15) is 0 Å². The number of benzene rings is 1. The summed E-state index contributed by atoms with van der Waals surface area (Å²) in [7, 11) is 0. The molecule has 0 atom stereocenters. The Morgan fingerprint density at radius 2 is 1.94 bits per heavy atom. The molecule has 1 fully saturated rings. The average Bonchev–Trinajstić information content (AvgIpc) is 2.39. The predicted octanol–water partition coefficient (Wildman–Crippen LogP) is 2.10. The van der Waals surface area contributed by atoms with Crippen LogP contribution in [-0.2, 0) is 10.2 Å². The van der Waals surface area contributed by atoms with Gasteiger partial charge in [-0.25, -0.2) is 0 Å². The molecule has 18 heavy (non-hydrogen) atoms. The van der Waals surface area contributed by atoms with Crippen LogP contribution in [0.4, 0.5) is 5.69 Å². The first-order chi connectivity index (χ1) is 8.54. The summed E-state index contributed by atoms with van der Waals surface area (Å²) < 4.78 is 5.41. The molecule has 0 spiro atoms. The molecule has 0 unspecified atom stereocenters. The van der Waals surface area contributed by atoms with E-state index < -0.39 is 0 Å². The number of rotatable bonds is 3. The number of aliphatic hydroxyl groups excluding tert-OH is 1. The van der Waals surface area contributed by atoms with E-state index in [4.69, 9.17) is 4.74 Å². The first kappa shape index (κ1) is 13.4. The first-order valence-corrected chi connectivity index (χ1v) is 6.59. The number of anilines is 1. The van der Waals surface area contributed by atoms with Crippen molar-refractivity contribution in [2.24, 2.45) is 0 Å². The van der Waals surface area contributed by atoms with Crippen molar-refractivity contribution < 1.29 is 9.84 Å². The van der Waals surface area contributed by atoms with Gasteiger partial charge in [-0.15, -0.1) is 0 Å². The van der Waals surface area contributed by atoms with Crippen LogP contribution in [0.3, 0.4) is 0 Å². The third-order valence-corrected chi connectivity index (χ3v) is 3.63. The fourth-order valence-corrected chi connectivity index (χ4v) is 2.37. The van der Waals surface area contributed by atoms with Crippen molar-refractivity contribution in [1.82, 2.24) is 0 Å². The maximum absolute atomic E-state index is 9.60. The van der Waals surface area contributed by atoms with Gasteiger partial charge in [-0.05, 0) is 24.1 Å². The van der Waals surface area contributed by atoms with Gasteiger partial charge in [0.15, 0.2) is 0 Å². The van der Waals surface area contributed by atoms with Crippen LogP contribution < -0.4 is 4.90 Å². The van der Waals surface area contributed by atoms with E-state index in [0.29, 0.717) is 0 Å². The zero-order chi connectivity index (χ0) is 13.2. The van der Waals surface area contributed by atoms with Crippen LogP contribution in [0.1, 0.15) is 25.0 Å². The Balaban J connectivity index is 2.40. The molecule has 0 bridgehead atoms. The molecule has 0 amide bonds. The lowest BCUT2D eigenvalue weighted by molar-refractivity contribution is 0.122. The third kappa shape index (κ3) is 2.68. The van der Waals surface area contributed by atoms with Gasteiger partial charge in [-0.3, -0.25) is 0 Å². The Kier molecular flexibility index (Phi) is 3.93. The Hall–Kier alpha value is -1.06. The fourth-order valence-electron chi connectivity index (χ4n) is 2.37. The second kappa shape index (κ2) is 5.29. The summed E-state index contributed by atoms with van der Waals surface area (Å²) in [4.78, 5) is 2.36. The molecule has 0 saturated carbocycles. The molecule has 1 saturated heterocycles. The summed E-state index contributed by atoms with van der Waals surface area (Å²) in [6.07, 6.45) is 0. The zero-order valence-electron chi connectivity index (χ0n) is 11.6. The number of aliphatic hydroxyl groups is 1. The highest BCUT2D eigenvalue weighted by atomic mass is 16.5. The van der Waals surface area contributed by atoms with Crippen LogP contribution in [0.25, 0.3) is 0 Å². The van der Waals surface area contributed by atoms with E-state index >= 15 is 0 Å². The summed E-state index contributed by atoms with van der Waals surface area (Å²) in [5.41, 5.74) is 3.52. The summed E-state index contributed by atoms with van der Waals surface area (Å²) in [6.45, 7) is 9.87. The van der Waals surface area contributed by atoms with E-state index in [1.54, 1.807) is 0 Å². The van der Waals surface area contributed by atoms with Crippen molar-refractivity contribution in [3.8, 4) is 0 Å². The van der Waals surface area contributed by atoms with Crippen molar-refractivity contribution in [1.29, 1.82) is 0 Å². The minimum atomic E-state index is -0.207. The van der Waals surface area contributed by atoms with Gasteiger partial charge in [0, 0.05) is 24.2 Å². The molecule has 0 aliphatic carbocycles. The molecule has 1 aromatic rings. The highest BCUT2D eigenvalue weighted by Gasteiger charge is 2.25. The second-order valence-corrected chi connectivity index (χ2v) is 5.66. The van der Waals surface area contributed by atoms with E-state index in [9.17, 15) is 5.11 Å². The Morgan fingerprint density at radius 3 is 2.56 bits per heavy atom. The molecule has 2 rings (SSSR count). The van der Waals surface area contributed by atoms with Crippen molar-refractivity contribution >= 4 is 5.69 Å². The van der Waals surface area contributed by atoms with E-state index in [1.165, 1.54) is 16.8 Å². The van der Waals surface area contributed by atoms with E-state index in [2.05, 4.69) is 43.9 Å². The number of hydrogen-bond donors (Lipinski definition) is 1. The lowest BCUT2D eigenvalue weighted by Crippen LogP contribution is -2.38. The molecule has 1 aliphatic heterocycles. The molecule has 0 radical (unpaired) electrons. The highest BCUT2D eigenvalue weighted by molar-refractivity contribution is 5.58. The molecule has 1 N–H and O–H groups in total. The van der Waals surface area contributed by atoms with E-state index in [-0.39, 0.29) is 12.0 Å². The minimum Gasteiger partial charge on any atom is -0.395 e. The standard InChI is InChI=1S/C15H23NO2/c1-12-4-5-13(15(2,3)11-17)14(10-12)16-6-8-18-9-7-16/h4-5,10,17H,6-9,11H2,1-3H3. The van der Waals surface area contributed by atoms with Gasteiger partial charge < -0.3 is 14.7 Å². The van der Waals surface area contributed by atoms with Crippen LogP contribution in [0.15, 0.2) is 18.2 Å². The van der Waals surface area contributed by atoms with Gasteiger partial charge in [-0.2, -0.15) is 0 Å². The van der Waals surface area contributed by atoms with Crippen molar-refractivity contribution in [2.45, 2.75) is 26.2 Å². The second-order valence-electron chi connectivity index (χ2n) is 5.66. The van der Waals surface area contributed by atoms with Gasteiger partial charge in [0.05, 0.1) is 19.8 Å². The van der Waals surface area contributed by atoms with Crippen molar-refractivity contribution in [3.63, 3.8) is 0 Å². The molecule has 1 aromatic carbocycles. The largest absolute Gasteiger partial charge is 0.395 e. The number of aryl methyl sites for hydroxylation is 1. The summed E-state index contributed by atoms with van der Waals surface area (Å²) >= 11 is 0. The normalized spacial score (nSPS) is 17.0. The quantitative estimate of drug-likeness (QED) is 0.890. The third-order valence-electron chi connectivity index (χ3n) is 3.63. The molecule has 1 heterocycles. The molecular formula is C15H23NO2. The molecule has 3 heteroatoms. The van der Waals surface area contributed by atoms with Crippen LogP contribution in [0.2, 0.25) is 0 Å². The van der Waals surface area contributed by atoms with Crippen LogP contribution in [0, 0.1) is 6.92 Å². The topological polar surface area (TPSA) is 32.7 Å². The summed E-state index contributed by atoms with van der Waals surface area (Å²) in [6, 6.07) is 6.49. The highest BCUT2D eigenvalue weighted by Crippen LogP contribution is 2.33. The predicted molar refractivity (Wildman–Crippen MR) is 74.3 cm³/mol. The van der Waals surface area contributed by atoms with Crippen molar-refractivity contribution in [3.05, 3.63) is 29.3 Å². The number of hydrogen-bond acceptors (Lipinski definition) is 3. The lowest BCUT2D eigenvalue weighted by atomic mass is 9.83. The maximum Gasteiger partial charge on any atom is 0.0642 e. The summed E-state index contributed by atoms with van der Waals surface area (Å²) in [5, 5.41) is 9.60. The van der Waals surface area contributed by atoms with E-state index in [1.807, 2.05) is 0 Å². The molecule has 100 valence electrons. The van der Waals surface area contributed by atoms with Gasteiger partial charge in [0.2, 0.25) is 0 Å². The molecule has 3 nitrogen and oxygen atoms in total. The molecule has 0 aromatic heterocycles. The SMILES string of the molecule is Cc1ccc(C(C)(C)CO)c(N2CCOCC2)c1. The number of nitrogens with zero attached hydrogens (tertiary/aromatic N) is 1. The maximum atomic E-state index is 9.60. The number of ether oxygens (including phenoxy) is 1. The van der Waals surface area contributed by atoms with Crippen LogP contribution in [0.5, 0.6) is 0 Å². The Labute approximate surface area is 109 Å². The van der Waals surface area contributed by atoms with Crippen molar-refractivity contribution in [2.75, 3.05) is 37.8 Å². The molecular weight excluding hydrogens is 226 g/mol. The lowest BCUT2D eigenvalue weighted by Gasteiger charge is -2.35. The molecule has 1 aliphatic rings.